The largest absolute Gasteiger partial charge is 0.375 e. The maximum absolute atomic E-state index is 12.8. The van der Waals surface area contributed by atoms with Crippen LogP contribution in [0.1, 0.15) is 30.9 Å². The average molecular weight is 361 g/mol. The van der Waals surface area contributed by atoms with Gasteiger partial charge in [-0.25, -0.2) is 0 Å². The van der Waals surface area contributed by atoms with Crippen molar-refractivity contribution in [3.63, 3.8) is 0 Å². The van der Waals surface area contributed by atoms with Crippen molar-refractivity contribution in [2.24, 2.45) is 0 Å². The van der Waals surface area contributed by atoms with Crippen molar-refractivity contribution in [2.45, 2.75) is 25.4 Å². The van der Waals surface area contributed by atoms with Crippen LogP contribution in [0.5, 0.6) is 0 Å². The molecule has 1 aliphatic heterocycles. The summed E-state index contributed by atoms with van der Waals surface area (Å²) in [5.74, 6) is -0.719. The van der Waals surface area contributed by atoms with Gasteiger partial charge in [-0.1, -0.05) is 73.7 Å². The average Bonchev–Trinajstić information content (AvgIpc) is 2.89. The molecular formula is C23H23NO3. The van der Waals surface area contributed by atoms with Gasteiger partial charge in [0.25, 0.3) is 5.91 Å². The van der Waals surface area contributed by atoms with E-state index in [9.17, 15) is 14.7 Å². The standard InChI is InChI=1S/C23H23NO3/c1-2-16-24-21-15-9-8-14-20(21)23(27,22(24)26)17-19(25)13-7-6-12-18-10-4-3-5-11-18/h3-15,27H,2,16-17H2,1H3. The number of aliphatic hydroxyl groups is 1. The van der Waals surface area contributed by atoms with E-state index in [2.05, 4.69) is 0 Å². The van der Waals surface area contributed by atoms with Crippen molar-refractivity contribution in [1.29, 1.82) is 0 Å². The van der Waals surface area contributed by atoms with Gasteiger partial charge in [0, 0.05) is 12.1 Å². The molecule has 138 valence electrons. The second kappa shape index (κ2) is 8.14. The molecule has 27 heavy (non-hydrogen) atoms. The molecular weight excluding hydrogens is 338 g/mol. The quantitative estimate of drug-likeness (QED) is 0.602. The smallest absolute Gasteiger partial charge is 0.264 e. The van der Waals surface area contributed by atoms with Crippen LogP contribution in [-0.4, -0.2) is 23.3 Å². The van der Waals surface area contributed by atoms with E-state index >= 15 is 0 Å². The Morgan fingerprint density at radius 2 is 1.78 bits per heavy atom. The molecule has 1 unspecified atom stereocenters. The number of anilines is 1. The van der Waals surface area contributed by atoms with Gasteiger partial charge < -0.3 is 10.0 Å². The summed E-state index contributed by atoms with van der Waals surface area (Å²) in [6, 6.07) is 16.9. The number of carbonyl (C=O) groups excluding carboxylic acids is 2. The fraction of sp³-hybridized carbons (Fsp3) is 0.217. The fourth-order valence-electron chi connectivity index (χ4n) is 3.33. The van der Waals surface area contributed by atoms with Crippen LogP contribution < -0.4 is 4.90 Å². The Morgan fingerprint density at radius 3 is 2.52 bits per heavy atom. The number of hydrogen-bond acceptors (Lipinski definition) is 3. The molecule has 0 saturated carbocycles. The van der Waals surface area contributed by atoms with Gasteiger partial charge in [0.15, 0.2) is 11.4 Å². The molecule has 4 nitrogen and oxygen atoms in total. The summed E-state index contributed by atoms with van der Waals surface area (Å²) in [4.78, 5) is 26.8. The molecule has 0 saturated heterocycles. The number of allylic oxidation sites excluding steroid dienone is 3. The first-order valence-electron chi connectivity index (χ1n) is 9.12. The molecule has 0 spiro atoms. The Balaban J connectivity index is 1.74. The zero-order valence-electron chi connectivity index (χ0n) is 15.3. The van der Waals surface area contributed by atoms with Gasteiger partial charge in [-0.05, 0) is 24.1 Å². The van der Waals surface area contributed by atoms with Crippen molar-refractivity contribution in [3.05, 3.63) is 84.0 Å². The third kappa shape index (κ3) is 3.91. The van der Waals surface area contributed by atoms with E-state index in [4.69, 9.17) is 0 Å². The first kappa shape index (κ1) is 18.8. The minimum atomic E-state index is -1.80. The summed E-state index contributed by atoms with van der Waals surface area (Å²) in [5, 5.41) is 11.1. The molecule has 4 heteroatoms. The fourth-order valence-corrected chi connectivity index (χ4v) is 3.33. The number of nitrogens with zero attached hydrogens (tertiary/aromatic N) is 1. The van der Waals surface area contributed by atoms with Gasteiger partial charge in [0.2, 0.25) is 0 Å². The van der Waals surface area contributed by atoms with E-state index in [-0.39, 0.29) is 12.2 Å². The number of hydrogen-bond donors (Lipinski definition) is 1. The van der Waals surface area contributed by atoms with E-state index in [0.29, 0.717) is 17.8 Å². The predicted octanol–water partition coefficient (Wildman–Crippen LogP) is 3.86. The maximum atomic E-state index is 12.8. The van der Waals surface area contributed by atoms with Crippen molar-refractivity contribution < 1.29 is 14.7 Å². The van der Waals surface area contributed by atoms with Crippen LogP contribution in [0.25, 0.3) is 6.08 Å². The second-order valence-corrected chi connectivity index (χ2v) is 6.61. The molecule has 3 rings (SSSR count). The number of carbonyl (C=O) groups is 2. The number of ketones is 1. The monoisotopic (exact) mass is 361 g/mol. The zero-order valence-corrected chi connectivity index (χ0v) is 15.3. The first-order valence-corrected chi connectivity index (χ1v) is 9.12. The minimum Gasteiger partial charge on any atom is -0.375 e. The van der Waals surface area contributed by atoms with Gasteiger partial charge in [-0.15, -0.1) is 0 Å². The molecule has 1 amide bonds. The Kier molecular flexibility index (Phi) is 5.67. The molecule has 1 heterocycles. The van der Waals surface area contributed by atoms with Gasteiger partial charge >= 0.3 is 0 Å². The lowest BCUT2D eigenvalue weighted by molar-refractivity contribution is -0.140. The SMILES string of the molecule is CCCN1C(=O)C(O)(CC(=O)C=CC=Cc2ccccc2)c2ccccc21. The van der Waals surface area contributed by atoms with Crippen LogP contribution in [0.4, 0.5) is 5.69 Å². The number of benzene rings is 2. The minimum absolute atomic E-state index is 0.265. The van der Waals surface area contributed by atoms with E-state index in [1.807, 2.05) is 55.5 Å². The van der Waals surface area contributed by atoms with Crippen molar-refractivity contribution in [1.82, 2.24) is 0 Å². The molecule has 1 atom stereocenters. The number of fused-ring (bicyclic) bond motifs is 1. The Morgan fingerprint density at radius 1 is 1.07 bits per heavy atom. The van der Waals surface area contributed by atoms with Crippen molar-refractivity contribution in [2.75, 3.05) is 11.4 Å². The predicted molar refractivity (Wildman–Crippen MR) is 107 cm³/mol. The van der Waals surface area contributed by atoms with Gasteiger partial charge in [0.1, 0.15) is 0 Å². The Bertz CT molecular complexity index is 886. The summed E-state index contributed by atoms with van der Waals surface area (Å²) >= 11 is 0. The molecule has 1 N–H and O–H groups in total. The van der Waals surface area contributed by atoms with E-state index in [1.54, 1.807) is 29.2 Å². The maximum Gasteiger partial charge on any atom is 0.264 e. The molecule has 0 fully saturated rings. The number of amides is 1. The summed E-state index contributed by atoms with van der Waals surface area (Å²) in [5.41, 5.74) is 0.428. The third-order valence-corrected chi connectivity index (χ3v) is 4.60. The summed E-state index contributed by atoms with van der Waals surface area (Å²) in [7, 11) is 0. The highest BCUT2D eigenvalue weighted by atomic mass is 16.3. The van der Waals surface area contributed by atoms with Crippen LogP contribution in [0, 0.1) is 0 Å². The molecule has 2 aromatic carbocycles. The second-order valence-electron chi connectivity index (χ2n) is 6.61. The van der Waals surface area contributed by atoms with Gasteiger partial charge in [-0.2, -0.15) is 0 Å². The lowest BCUT2D eigenvalue weighted by Gasteiger charge is -2.21. The number of rotatable bonds is 7. The van der Waals surface area contributed by atoms with Crippen LogP contribution in [0.2, 0.25) is 0 Å². The summed E-state index contributed by atoms with van der Waals surface area (Å²) in [6.07, 6.45) is 7.19. The Hall–Kier alpha value is -2.98. The normalized spacial score (nSPS) is 19.2. The highest BCUT2D eigenvalue weighted by Crippen LogP contribution is 2.42. The summed E-state index contributed by atoms with van der Waals surface area (Å²) < 4.78 is 0. The van der Waals surface area contributed by atoms with Crippen LogP contribution in [0.15, 0.2) is 72.8 Å². The molecule has 2 aromatic rings. The van der Waals surface area contributed by atoms with Crippen LogP contribution in [0.3, 0.4) is 0 Å². The first-order chi connectivity index (χ1) is 13.1. The van der Waals surface area contributed by atoms with Crippen molar-refractivity contribution in [3.8, 4) is 0 Å². The van der Waals surface area contributed by atoms with E-state index in [1.165, 1.54) is 6.08 Å². The van der Waals surface area contributed by atoms with Crippen molar-refractivity contribution >= 4 is 23.5 Å². The third-order valence-electron chi connectivity index (χ3n) is 4.60. The van der Waals surface area contributed by atoms with E-state index < -0.39 is 11.5 Å². The lowest BCUT2D eigenvalue weighted by Crippen LogP contribution is -2.41. The highest BCUT2D eigenvalue weighted by molar-refractivity contribution is 6.09. The number of para-hydroxylation sites is 1. The van der Waals surface area contributed by atoms with Crippen LogP contribution in [-0.2, 0) is 15.2 Å². The highest BCUT2D eigenvalue weighted by Gasteiger charge is 2.50. The molecule has 0 aliphatic carbocycles. The Labute approximate surface area is 159 Å². The molecule has 0 radical (unpaired) electrons. The van der Waals surface area contributed by atoms with E-state index in [0.717, 1.165) is 12.0 Å². The topological polar surface area (TPSA) is 57.6 Å². The van der Waals surface area contributed by atoms with Gasteiger partial charge in [-0.3, -0.25) is 9.59 Å². The molecule has 0 bridgehead atoms. The summed E-state index contributed by atoms with van der Waals surface area (Å²) in [6.45, 7) is 2.49. The van der Waals surface area contributed by atoms with Crippen LogP contribution >= 0.6 is 0 Å². The zero-order chi connectivity index (χ0) is 19.3. The molecule has 1 aliphatic rings. The lowest BCUT2D eigenvalue weighted by atomic mass is 9.90. The van der Waals surface area contributed by atoms with Gasteiger partial charge in [0.05, 0.1) is 12.1 Å². The molecule has 0 aromatic heterocycles.